The van der Waals surface area contributed by atoms with Crippen molar-refractivity contribution in [3.8, 4) is 0 Å². The Bertz CT molecular complexity index is 582. The largest absolute Gasteiger partial charge is 0.395 e. The number of benzene rings is 2. The lowest BCUT2D eigenvalue weighted by molar-refractivity contribution is 0.587. The molecule has 6 heteroatoms. The minimum absolute atomic E-state index is 0.00849. The maximum atomic E-state index is 13.2. The van der Waals surface area contributed by atoms with Crippen LogP contribution in [0.2, 0.25) is 5.02 Å². The van der Waals surface area contributed by atoms with Gasteiger partial charge in [0.15, 0.2) is 5.82 Å². The molecule has 0 aliphatic heterocycles. The number of nitrogens with two attached hydrogens (primary N) is 1. The molecule has 0 aliphatic carbocycles. The summed E-state index contributed by atoms with van der Waals surface area (Å²) in [4.78, 5) is 0. The zero-order valence-electron chi connectivity index (χ0n) is 8.98. The van der Waals surface area contributed by atoms with Crippen molar-refractivity contribution in [2.75, 3.05) is 11.1 Å². The Morgan fingerprint density at radius 1 is 0.944 bits per heavy atom. The van der Waals surface area contributed by atoms with E-state index in [0.29, 0.717) is 6.07 Å². The number of nitrogens with one attached hydrogen (secondary N) is 1. The van der Waals surface area contributed by atoms with E-state index in [9.17, 15) is 13.2 Å². The van der Waals surface area contributed by atoms with E-state index >= 15 is 0 Å². The second-order valence-electron chi connectivity index (χ2n) is 3.63. The Labute approximate surface area is 106 Å². The van der Waals surface area contributed by atoms with Gasteiger partial charge >= 0.3 is 0 Å². The first-order valence-corrected chi connectivity index (χ1v) is 5.31. The van der Waals surface area contributed by atoms with Crippen LogP contribution in [0.4, 0.5) is 30.2 Å². The Kier molecular flexibility index (Phi) is 3.34. The standard InChI is InChI=1S/C12H8ClF3N2/c13-6-1-7(14)3-9(2-6)18-11-5-8(15)4-10(16)12(11)17/h1-5,18H,17H2. The highest BCUT2D eigenvalue weighted by molar-refractivity contribution is 6.30. The number of anilines is 3. The number of hydrogen-bond acceptors (Lipinski definition) is 2. The Balaban J connectivity index is 2.39. The summed E-state index contributed by atoms with van der Waals surface area (Å²) in [5, 5.41) is 2.77. The monoisotopic (exact) mass is 272 g/mol. The molecule has 0 unspecified atom stereocenters. The maximum Gasteiger partial charge on any atom is 0.151 e. The second-order valence-corrected chi connectivity index (χ2v) is 4.07. The van der Waals surface area contributed by atoms with Gasteiger partial charge in [-0.15, -0.1) is 0 Å². The van der Waals surface area contributed by atoms with Crippen LogP contribution in [0.3, 0.4) is 0 Å². The highest BCUT2D eigenvalue weighted by Crippen LogP contribution is 2.28. The van der Waals surface area contributed by atoms with Crippen LogP contribution in [0, 0.1) is 17.5 Å². The van der Waals surface area contributed by atoms with Crippen molar-refractivity contribution < 1.29 is 13.2 Å². The first kappa shape index (κ1) is 12.6. The number of nitrogen functional groups attached to an aromatic ring is 1. The lowest BCUT2D eigenvalue weighted by atomic mass is 10.2. The topological polar surface area (TPSA) is 38.0 Å². The third kappa shape index (κ3) is 2.68. The number of halogens is 4. The average Bonchev–Trinajstić information content (AvgIpc) is 2.23. The van der Waals surface area contributed by atoms with Crippen LogP contribution in [0.15, 0.2) is 30.3 Å². The normalized spacial score (nSPS) is 10.4. The molecule has 0 aliphatic rings. The Hall–Kier alpha value is -1.88. The zero-order chi connectivity index (χ0) is 13.3. The summed E-state index contributed by atoms with van der Waals surface area (Å²) in [6.07, 6.45) is 0. The van der Waals surface area contributed by atoms with Crippen LogP contribution >= 0.6 is 11.6 Å². The summed E-state index contributed by atoms with van der Waals surface area (Å²) < 4.78 is 39.3. The van der Waals surface area contributed by atoms with Gasteiger partial charge in [0.2, 0.25) is 0 Å². The van der Waals surface area contributed by atoms with Gasteiger partial charge in [0.05, 0.1) is 11.4 Å². The number of rotatable bonds is 2. The van der Waals surface area contributed by atoms with Gasteiger partial charge in [-0.25, -0.2) is 13.2 Å². The van der Waals surface area contributed by atoms with Crippen LogP contribution in [0.1, 0.15) is 0 Å². The minimum Gasteiger partial charge on any atom is -0.395 e. The molecule has 0 radical (unpaired) electrons. The molecule has 2 aromatic carbocycles. The highest BCUT2D eigenvalue weighted by atomic mass is 35.5. The summed E-state index contributed by atoms with van der Waals surface area (Å²) in [5.74, 6) is -2.24. The summed E-state index contributed by atoms with van der Waals surface area (Å²) in [5.41, 5.74) is 5.45. The van der Waals surface area contributed by atoms with Crippen LogP contribution < -0.4 is 11.1 Å². The quantitative estimate of drug-likeness (QED) is 0.808. The molecule has 0 atom stereocenters. The van der Waals surface area contributed by atoms with Gasteiger partial charge < -0.3 is 11.1 Å². The average molecular weight is 273 g/mol. The molecule has 18 heavy (non-hydrogen) atoms. The van der Waals surface area contributed by atoms with Crippen LogP contribution in [-0.4, -0.2) is 0 Å². The van der Waals surface area contributed by atoms with Gasteiger partial charge in [0.25, 0.3) is 0 Å². The molecule has 0 fully saturated rings. The van der Waals surface area contributed by atoms with Gasteiger partial charge in [-0.3, -0.25) is 0 Å². The fourth-order valence-corrected chi connectivity index (χ4v) is 1.69. The van der Waals surface area contributed by atoms with Crippen LogP contribution in [0.25, 0.3) is 0 Å². The van der Waals surface area contributed by atoms with Crippen molar-refractivity contribution in [2.24, 2.45) is 0 Å². The lowest BCUT2D eigenvalue weighted by Gasteiger charge is -2.10. The summed E-state index contributed by atoms with van der Waals surface area (Å²) >= 11 is 5.66. The van der Waals surface area contributed by atoms with Gasteiger partial charge in [0.1, 0.15) is 11.6 Å². The molecule has 2 nitrogen and oxygen atoms in total. The van der Waals surface area contributed by atoms with Gasteiger partial charge in [-0.05, 0) is 24.3 Å². The van der Waals surface area contributed by atoms with Crippen molar-refractivity contribution in [3.05, 3.63) is 52.8 Å². The fourth-order valence-electron chi connectivity index (χ4n) is 1.47. The van der Waals surface area contributed by atoms with Crippen LogP contribution in [-0.2, 0) is 0 Å². The first-order chi connectivity index (χ1) is 8.45. The lowest BCUT2D eigenvalue weighted by Crippen LogP contribution is -2.00. The molecule has 0 spiro atoms. The predicted molar refractivity (Wildman–Crippen MR) is 65.5 cm³/mol. The van der Waals surface area contributed by atoms with E-state index in [4.69, 9.17) is 17.3 Å². The Morgan fingerprint density at radius 3 is 2.28 bits per heavy atom. The van der Waals surface area contributed by atoms with Crippen LogP contribution in [0.5, 0.6) is 0 Å². The Morgan fingerprint density at radius 2 is 1.61 bits per heavy atom. The molecule has 0 bridgehead atoms. The number of hydrogen-bond donors (Lipinski definition) is 2. The van der Waals surface area contributed by atoms with E-state index < -0.39 is 17.5 Å². The van der Waals surface area contributed by atoms with Crippen molar-refractivity contribution in [1.29, 1.82) is 0 Å². The van der Waals surface area contributed by atoms with E-state index in [1.807, 2.05) is 0 Å². The van der Waals surface area contributed by atoms with Crippen molar-refractivity contribution in [2.45, 2.75) is 0 Å². The fraction of sp³-hybridized carbons (Fsp3) is 0. The molecule has 0 heterocycles. The van der Waals surface area contributed by atoms with E-state index in [-0.39, 0.29) is 22.1 Å². The van der Waals surface area contributed by atoms with E-state index in [1.54, 1.807) is 0 Å². The minimum atomic E-state index is -0.889. The summed E-state index contributed by atoms with van der Waals surface area (Å²) in [6.45, 7) is 0. The summed E-state index contributed by atoms with van der Waals surface area (Å²) in [7, 11) is 0. The zero-order valence-corrected chi connectivity index (χ0v) is 9.73. The van der Waals surface area contributed by atoms with Gasteiger partial charge in [-0.1, -0.05) is 11.6 Å². The van der Waals surface area contributed by atoms with Crippen molar-refractivity contribution in [3.63, 3.8) is 0 Å². The summed E-state index contributed by atoms with van der Waals surface area (Å²) in [6, 6.07) is 5.33. The van der Waals surface area contributed by atoms with E-state index in [1.165, 1.54) is 6.07 Å². The second kappa shape index (κ2) is 4.78. The molecular formula is C12H8ClF3N2. The molecule has 0 saturated heterocycles. The van der Waals surface area contributed by atoms with E-state index in [0.717, 1.165) is 18.2 Å². The molecule has 94 valence electrons. The maximum absolute atomic E-state index is 13.2. The smallest absolute Gasteiger partial charge is 0.151 e. The molecular weight excluding hydrogens is 265 g/mol. The van der Waals surface area contributed by atoms with Crippen molar-refractivity contribution >= 4 is 28.7 Å². The molecule has 2 rings (SSSR count). The SMILES string of the molecule is Nc1c(F)cc(F)cc1Nc1cc(F)cc(Cl)c1. The van der Waals surface area contributed by atoms with Gasteiger partial charge in [0, 0.05) is 16.8 Å². The van der Waals surface area contributed by atoms with Gasteiger partial charge in [-0.2, -0.15) is 0 Å². The third-order valence-corrected chi connectivity index (χ3v) is 2.45. The molecule has 2 aromatic rings. The molecule has 0 aromatic heterocycles. The highest BCUT2D eigenvalue weighted by Gasteiger charge is 2.09. The van der Waals surface area contributed by atoms with E-state index in [2.05, 4.69) is 5.32 Å². The molecule has 3 N–H and O–H groups in total. The predicted octanol–water partition coefficient (Wildman–Crippen LogP) is 4.08. The third-order valence-electron chi connectivity index (χ3n) is 2.24. The molecule has 0 amide bonds. The molecule has 0 saturated carbocycles. The first-order valence-electron chi connectivity index (χ1n) is 4.93. The van der Waals surface area contributed by atoms with Crippen molar-refractivity contribution in [1.82, 2.24) is 0 Å².